The monoisotopic (exact) mass is 265 g/mol. The molecular weight excluding hydrogens is 250 g/mol. The number of amides is 1. The van der Waals surface area contributed by atoms with Gasteiger partial charge in [0.2, 0.25) is 0 Å². The van der Waals surface area contributed by atoms with Crippen LogP contribution in [0.4, 0.5) is 0 Å². The molecule has 1 aliphatic rings. The minimum absolute atomic E-state index is 0.0556. The van der Waals surface area contributed by atoms with Gasteiger partial charge in [-0.3, -0.25) is 9.59 Å². The normalized spacial score (nSPS) is 14.1. The fourth-order valence-electron chi connectivity index (χ4n) is 1.91. The van der Waals surface area contributed by atoms with Crippen molar-refractivity contribution in [1.82, 2.24) is 4.90 Å². The molecule has 0 radical (unpaired) electrons. The summed E-state index contributed by atoms with van der Waals surface area (Å²) in [5, 5.41) is 27.5. The Balaban J connectivity index is 2.16. The summed E-state index contributed by atoms with van der Waals surface area (Å²) in [7, 11) is 0. The number of hydrogen-bond acceptors (Lipinski definition) is 4. The molecule has 0 aromatic heterocycles. The highest BCUT2D eigenvalue weighted by molar-refractivity contribution is 5.97. The van der Waals surface area contributed by atoms with Crippen LogP contribution in [0.1, 0.15) is 29.6 Å². The molecule has 0 spiro atoms. The molecular formula is C13H15NO5. The van der Waals surface area contributed by atoms with Crippen molar-refractivity contribution in [2.45, 2.75) is 25.3 Å². The van der Waals surface area contributed by atoms with Crippen LogP contribution in [0.15, 0.2) is 18.2 Å². The van der Waals surface area contributed by atoms with Crippen LogP contribution in [0.5, 0.6) is 11.5 Å². The molecule has 19 heavy (non-hydrogen) atoms. The maximum Gasteiger partial charge on any atom is 0.305 e. The van der Waals surface area contributed by atoms with Gasteiger partial charge in [-0.05, 0) is 25.0 Å². The SMILES string of the molecule is O=C(O)CCN(C(=O)c1ccc(O)cc1O)C1CC1. The van der Waals surface area contributed by atoms with Gasteiger partial charge in [0.1, 0.15) is 11.5 Å². The Morgan fingerprint density at radius 2 is 1.95 bits per heavy atom. The molecule has 1 aromatic carbocycles. The fourth-order valence-corrected chi connectivity index (χ4v) is 1.91. The lowest BCUT2D eigenvalue weighted by Crippen LogP contribution is -2.35. The zero-order valence-electron chi connectivity index (χ0n) is 10.2. The lowest BCUT2D eigenvalue weighted by molar-refractivity contribution is -0.137. The number of phenols is 2. The number of benzene rings is 1. The molecule has 1 fully saturated rings. The first-order valence-corrected chi connectivity index (χ1v) is 6.04. The molecule has 0 saturated heterocycles. The van der Waals surface area contributed by atoms with Crippen molar-refractivity contribution in [3.8, 4) is 11.5 Å². The topological polar surface area (TPSA) is 98.1 Å². The lowest BCUT2D eigenvalue weighted by Gasteiger charge is -2.22. The fraction of sp³-hybridized carbons (Fsp3) is 0.385. The number of nitrogens with zero attached hydrogens (tertiary/aromatic N) is 1. The molecule has 1 aliphatic carbocycles. The predicted octanol–water partition coefficient (Wildman–Crippen LogP) is 1.18. The van der Waals surface area contributed by atoms with E-state index in [2.05, 4.69) is 0 Å². The van der Waals surface area contributed by atoms with Gasteiger partial charge in [-0.2, -0.15) is 0 Å². The molecule has 0 heterocycles. The number of phenolic OH excluding ortho intramolecular Hbond substituents is 2. The van der Waals surface area contributed by atoms with Gasteiger partial charge in [-0.25, -0.2) is 0 Å². The highest BCUT2D eigenvalue weighted by Crippen LogP contribution is 2.31. The molecule has 1 aromatic rings. The number of carbonyl (C=O) groups excluding carboxylic acids is 1. The summed E-state index contributed by atoms with van der Waals surface area (Å²) >= 11 is 0. The van der Waals surface area contributed by atoms with E-state index in [1.54, 1.807) is 0 Å². The molecule has 6 nitrogen and oxygen atoms in total. The minimum Gasteiger partial charge on any atom is -0.508 e. The highest BCUT2D eigenvalue weighted by Gasteiger charge is 2.34. The number of carbonyl (C=O) groups is 2. The van der Waals surface area contributed by atoms with Crippen LogP contribution in [0, 0.1) is 0 Å². The van der Waals surface area contributed by atoms with Gasteiger partial charge in [0.15, 0.2) is 0 Å². The first kappa shape index (κ1) is 13.2. The van der Waals surface area contributed by atoms with Gasteiger partial charge in [0.25, 0.3) is 5.91 Å². The second kappa shape index (κ2) is 5.17. The van der Waals surface area contributed by atoms with E-state index in [0.717, 1.165) is 18.9 Å². The molecule has 102 valence electrons. The van der Waals surface area contributed by atoms with E-state index >= 15 is 0 Å². The molecule has 0 unspecified atom stereocenters. The van der Waals surface area contributed by atoms with Crippen LogP contribution >= 0.6 is 0 Å². The zero-order valence-corrected chi connectivity index (χ0v) is 10.2. The summed E-state index contributed by atoms with van der Waals surface area (Å²) in [6, 6.07) is 3.80. The van der Waals surface area contributed by atoms with Gasteiger partial charge in [-0.15, -0.1) is 0 Å². The van der Waals surface area contributed by atoms with Crippen LogP contribution in [0.3, 0.4) is 0 Å². The molecule has 1 saturated carbocycles. The minimum atomic E-state index is -0.964. The summed E-state index contributed by atoms with van der Waals surface area (Å²) in [5.41, 5.74) is 0.0788. The number of aromatic hydroxyl groups is 2. The van der Waals surface area contributed by atoms with E-state index < -0.39 is 11.9 Å². The van der Waals surface area contributed by atoms with Crippen LogP contribution in [-0.2, 0) is 4.79 Å². The largest absolute Gasteiger partial charge is 0.508 e. The molecule has 2 rings (SSSR count). The number of carboxylic acid groups (broad SMARTS) is 1. The summed E-state index contributed by atoms with van der Waals surface area (Å²) in [4.78, 5) is 24.3. The molecule has 1 amide bonds. The Bertz CT molecular complexity index is 510. The molecule has 6 heteroatoms. The van der Waals surface area contributed by atoms with E-state index in [1.807, 2.05) is 0 Å². The van der Waals surface area contributed by atoms with Gasteiger partial charge in [0.05, 0.1) is 12.0 Å². The highest BCUT2D eigenvalue weighted by atomic mass is 16.4. The van der Waals surface area contributed by atoms with Crippen molar-refractivity contribution < 1.29 is 24.9 Å². The number of carboxylic acids is 1. The van der Waals surface area contributed by atoms with E-state index in [4.69, 9.17) is 5.11 Å². The van der Waals surface area contributed by atoms with E-state index in [9.17, 15) is 19.8 Å². The lowest BCUT2D eigenvalue weighted by atomic mass is 10.1. The Morgan fingerprint density at radius 3 is 2.47 bits per heavy atom. The number of hydrogen-bond donors (Lipinski definition) is 3. The van der Waals surface area contributed by atoms with Crippen LogP contribution in [0.25, 0.3) is 0 Å². The van der Waals surface area contributed by atoms with Gasteiger partial charge >= 0.3 is 5.97 Å². The van der Waals surface area contributed by atoms with Crippen molar-refractivity contribution in [1.29, 1.82) is 0 Å². The van der Waals surface area contributed by atoms with Crippen molar-refractivity contribution in [2.75, 3.05) is 6.54 Å². The summed E-state index contributed by atoms with van der Waals surface area (Å²) in [6.07, 6.45) is 1.58. The molecule has 3 N–H and O–H groups in total. The third-order valence-electron chi connectivity index (χ3n) is 3.03. The third kappa shape index (κ3) is 3.15. The van der Waals surface area contributed by atoms with Crippen LogP contribution < -0.4 is 0 Å². The zero-order chi connectivity index (χ0) is 14.0. The standard InChI is InChI=1S/C13H15NO5/c15-9-3-4-10(11(16)7-9)13(19)14(8-1-2-8)6-5-12(17)18/h3-4,7-8,15-16H,1-2,5-6H2,(H,17,18). The van der Waals surface area contributed by atoms with Crippen molar-refractivity contribution in [3.63, 3.8) is 0 Å². The summed E-state index contributed by atoms with van der Waals surface area (Å²) < 4.78 is 0. The Labute approximate surface area is 109 Å². The van der Waals surface area contributed by atoms with Gasteiger partial charge in [-0.1, -0.05) is 0 Å². The Kier molecular flexibility index (Phi) is 3.59. The second-order valence-corrected chi connectivity index (χ2v) is 4.57. The van der Waals surface area contributed by atoms with Crippen molar-refractivity contribution in [2.24, 2.45) is 0 Å². The first-order valence-electron chi connectivity index (χ1n) is 6.04. The quantitative estimate of drug-likeness (QED) is 0.742. The number of aliphatic carboxylic acids is 1. The van der Waals surface area contributed by atoms with E-state index in [1.165, 1.54) is 17.0 Å². The first-order chi connectivity index (χ1) is 8.99. The second-order valence-electron chi connectivity index (χ2n) is 4.57. The Morgan fingerprint density at radius 1 is 1.26 bits per heavy atom. The average Bonchev–Trinajstić information content (AvgIpc) is 3.13. The average molecular weight is 265 g/mol. The van der Waals surface area contributed by atoms with Crippen molar-refractivity contribution in [3.05, 3.63) is 23.8 Å². The molecule has 0 bridgehead atoms. The Hall–Kier alpha value is -2.24. The van der Waals surface area contributed by atoms with E-state index in [0.29, 0.717) is 0 Å². The van der Waals surface area contributed by atoms with Crippen LogP contribution in [0.2, 0.25) is 0 Å². The van der Waals surface area contributed by atoms with Crippen LogP contribution in [-0.4, -0.2) is 44.7 Å². The van der Waals surface area contributed by atoms with Gasteiger partial charge < -0.3 is 20.2 Å². The maximum atomic E-state index is 12.3. The number of rotatable bonds is 5. The maximum absolute atomic E-state index is 12.3. The van der Waals surface area contributed by atoms with Crippen molar-refractivity contribution >= 4 is 11.9 Å². The summed E-state index contributed by atoms with van der Waals surface area (Å²) in [5.74, 6) is -1.79. The smallest absolute Gasteiger partial charge is 0.305 e. The molecule has 0 aliphatic heterocycles. The third-order valence-corrected chi connectivity index (χ3v) is 3.03. The predicted molar refractivity (Wildman–Crippen MR) is 66.1 cm³/mol. The van der Waals surface area contributed by atoms with Gasteiger partial charge in [0, 0.05) is 18.7 Å². The van der Waals surface area contributed by atoms with E-state index in [-0.39, 0.29) is 36.1 Å². The summed E-state index contributed by atoms with van der Waals surface area (Å²) in [6.45, 7) is 0.124. The molecule has 0 atom stereocenters.